The van der Waals surface area contributed by atoms with Crippen LogP contribution in [0.15, 0.2) is 11.2 Å². The highest BCUT2D eigenvalue weighted by molar-refractivity contribution is 7.80. The summed E-state index contributed by atoms with van der Waals surface area (Å²) >= 11 is 0. The van der Waals surface area contributed by atoms with E-state index in [1.54, 1.807) is 7.05 Å². The van der Waals surface area contributed by atoms with Crippen LogP contribution in [0.5, 0.6) is 0 Å². The first-order valence-electron chi connectivity index (χ1n) is 11.9. The topological polar surface area (TPSA) is 235 Å². The molecule has 2 aliphatic heterocycles. The maximum Gasteiger partial charge on any atom is 0.418 e. The number of hydrogen-bond acceptors (Lipinski definition) is 14. The van der Waals surface area contributed by atoms with Crippen LogP contribution in [0, 0.1) is 0 Å². The molecule has 1 saturated heterocycles. The van der Waals surface area contributed by atoms with Crippen LogP contribution in [0.3, 0.4) is 0 Å². The lowest BCUT2D eigenvalue weighted by Crippen LogP contribution is -2.46. The summed E-state index contributed by atoms with van der Waals surface area (Å²) in [5.74, 6) is -4.03. The fourth-order valence-electron chi connectivity index (χ4n) is 4.05. The van der Waals surface area contributed by atoms with E-state index in [1.807, 2.05) is 0 Å². The lowest BCUT2D eigenvalue weighted by Gasteiger charge is -2.31. The molecule has 1 aromatic heterocycles. The number of carbonyl (C=O) groups excluding carboxylic acids is 5. The summed E-state index contributed by atoms with van der Waals surface area (Å²) in [6, 6.07) is -2.93. The number of amidine groups is 1. The van der Waals surface area contributed by atoms with E-state index in [0.29, 0.717) is 16.3 Å². The Morgan fingerprint density at radius 1 is 1.07 bits per heavy atom. The first kappa shape index (κ1) is 31.2. The van der Waals surface area contributed by atoms with Gasteiger partial charge < -0.3 is 23.9 Å². The highest BCUT2D eigenvalue weighted by Crippen LogP contribution is 2.44. The van der Waals surface area contributed by atoms with Crippen molar-refractivity contribution in [3.8, 4) is 0 Å². The van der Waals surface area contributed by atoms with Crippen LogP contribution in [-0.2, 0) is 60.0 Å². The van der Waals surface area contributed by atoms with Gasteiger partial charge >= 0.3 is 40.3 Å². The van der Waals surface area contributed by atoms with Crippen molar-refractivity contribution < 1.29 is 60.3 Å². The molecule has 0 radical (unpaired) electrons. The molecule has 0 spiro atoms. The van der Waals surface area contributed by atoms with Gasteiger partial charge in [0, 0.05) is 26.6 Å². The third-order valence-corrected chi connectivity index (χ3v) is 6.24. The summed E-state index contributed by atoms with van der Waals surface area (Å²) in [7, 11) is -2.16. The minimum atomic E-state index is -5.03. The number of carbonyl (C=O) groups is 5. The third-order valence-electron chi connectivity index (χ3n) is 5.89. The van der Waals surface area contributed by atoms with Crippen LogP contribution in [0.25, 0.3) is 0 Å². The van der Waals surface area contributed by atoms with Crippen LogP contribution in [0.1, 0.15) is 51.0 Å². The van der Waals surface area contributed by atoms with Gasteiger partial charge in [0.25, 0.3) is 0 Å². The van der Waals surface area contributed by atoms with E-state index in [-0.39, 0.29) is 12.4 Å². The molecule has 3 heterocycles. The van der Waals surface area contributed by atoms with Crippen molar-refractivity contribution in [2.75, 3.05) is 13.6 Å². The van der Waals surface area contributed by atoms with Gasteiger partial charge in [-0.05, 0) is 20.8 Å². The summed E-state index contributed by atoms with van der Waals surface area (Å²) in [5, 5.41) is 4.62. The number of aliphatic imine (C=N–C) groups is 1. The van der Waals surface area contributed by atoms with Crippen LogP contribution in [-0.4, -0.2) is 100 Å². The quantitative estimate of drug-likeness (QED) is 0.0848. The minimum absolute atomic E-state index is 0.0902. The molecule has 5 atom stereocenters. The van der Waals surface area contributed by atoms with Crippen LogP contribution < -0.4 is 5.48 Å². The zero-order valence-electron chi connectivity index (χ0n) is 22.7. The van der Waals surface area contributed by atoms with E-state index in [9.17, 15) is 32.4 Å². The molecule has 0 aliphatic carbocycles. The third kappa shape index (κ3) is 6.89. The molecule has 0 aromatic carbocycles. The predicted molar refractivity (Wildman–Crippen MR) is 130 cm³/mol. The number of nitrogens with one attached hydrogen (secondary N) is 1. The number of amides is 2. The van der Waals surface area contributed by atoms with Gasteiger partial charge in [-0.25, -0.2) is 24.7 Å². The maximum absolute atomic E-state index is 13.0. The van der Waals surface area contributed by atoms with Gasteiger partial charge in [0.1, 0.15) is 12.1 Å². The van der Waals surface area contributed by atoms with Gasteiger partial charge in [-0.2, -0.15) is 18.6 Å². The Bertz CT molecular complexity index is 1380. The van der Waals surface area contributed by atoms with E-state index in [2.05, 4.69) is 24.6 Å². The van der Waals surface area contributed by atoms with Crippen molar-refractivity contribution in [2.24, 2.45) is 12.0 Å². The second-order valence-corrected chi connectivity index (χ2v) is 9.84. The second kappa shape index (κ2) is 12.1. The normalized spacial score (nSPS) is 20.5. The maximum atomic E-state index is 13.0. The average Bonchev–Trinajstić information content (AvgIpc) is 3.38. The van der Waals surface area contributed by atoms with Crippen molar-refractivity contribution in [2.45, 2.75) is 58.1 Å². The summed E-state index contributed by atoms with van der Waals surface area (Å²) in [6.45, 7) is 4.61. The fraction of sp³-hybridized carbons (Fsp3) is 0.571. The fourth-order valence-corrected chi connectivity index (χ4v) is 4.42. The first-order chi connectivity index (χ1) is 19.0. The summed E-state index contributed by atoms with van der Waals surface area (Å²) in [6.07, 6.45) is -2.85. The summed E-state index contributed by atoms with van der Waals surface area (Å²) in [5.41, 5.74) is 3.08. The van der Waals surface area contributed by atoms with Crippen LogP contribution in [0.4, 0.5) is 4.79 Å². The smallest absolute Gasteiger partial charge is 0.418 e. The van der Waals surface area contributed by atoms with E-state index in [1.165, 1.54) is 38.7 Å². The monoisotopic (exact) mass is 604 g/mol. The average molecular weight is 605 g/mol. The van der Waals surface area contributed by atoms with Crippen molar-refractivity contribution in [1.29, 1.82) is 0 Å². The number of ether oxygens (including phenoxy) is 3. The second-order valence-electron chi connectivity index (χ2n) is 8.83. The highest BCUT2D eigenvalue weighted by Gasteiger charge is 2.53. The number of hydroxylamine groups is 3. The predicted octanol–water partition coefficient (Wildman–Crippen LogP) is -1.12. The Labute approximate surface area is 233 Å². The molecule has 1 aromatic rings. The van der Waals surface area contributed by atoms with Gasteiger partial charge in [-0.1, -0.05) is 0 Å². The molecule has 20 heteroatoms. The van der Waals surface area contributed by atoms with Crippen molar-refractivity contribution in [3.05, 3.63) is 17.5 Å². The largest absolute Gasteiger partial charge is 0.451 e. The zero-order chi connectivity index (χ0) is 30.8. The summed E-state index contributed by atoms with van der Waals surface area (Å²) < 4.78 is 52.2. The van der Waals surface area contributed by atoms with Gasteiger partial charge in [-0.15, -0.1) is 4.28 Å². The van der Waals surface area contributed by atoms with Crippen molar-refractivity contribution in [3.63, 3.8) is 0 Å². The Hall–Kier alpha value is -4.30. The lowest BCUT2D eigenvalue weighted by atomic mass is 9.97. The molecule has 2 aliphatic rings. The Morgan fingerprint density at radius 3 is 2.17 bits per heavy atom. The molecular weight excluding hydrogens is 576 g/mol. The molecule has 41 heavy (non-hydrogen) atoms. The molecule has 2 N–H and O–H groups in total. The lowest BCUT2D eigenvalue weighted by molar-refractivity contribution is -0.182. The molecule has 226 valence electrons. The molecule has 2 bridgehead atoms. The van der Waals surface area contributed by atoms with Crippen LogP contribution >= 0.6 is 0 Å². The Balaban J connectivity index is 1.66. The van der Waals surface area contributed by atoms with E-state index >= 15 is 0 Å². The zero-order valence-corrected chi connectivity index (χ0v) is 23.5. The Kier molecular flexibility index (Phi) is 9.19. The standard InChI is InChI=1S/C21H28N6O13S/c1-9(36-12(4)28)18(29)37-10(2)19(30)38-11(3)20(31)39-24-17(22-5)16-15-13(7-23-25(15)6)14-8-26(16)21(32)27(14)40-41(33,34)35/h7,9-11,14,16H,8H2,1-6H3,(H,22,24)(H,33,34,35)/t9?,10-,11-,14-,16-/m0/s1. The number of nitrogens with zero attached hydrogens (tertiary/aromatic N) is 5. The van der Waals surface area contributed by atoms with Crippen molar-refractivity contribution >= 4 is 46.1 Å². The molecule has 1 fully saturated rings. The molecule has 1 unspecified atom stereocenters. The number of fused-ring (bicyclic) bond motifs is 4. The number of esters is 3. The number of rotatable bonds is 9. The molecule has 0 saturated carbocycles. The van der Waals surface area contributed by atoms with Crippen molar-refractivity contribution in [1.82, 2.24) is 25.2 Å². The molecule has 19 nitrogen and oxygen atoms in total. The van der Waals surface area contributed by atoms with E-state index in [0.717, 1.165) is 11.8 Å². The highest BCUT2D eigenvalue weighted by atomic mass is 32.3. The number of urea groups is 1. The Morgan fingerprint density at radius 2 is 1.63 bits per heavy atom. The van der Waals surface area contributed by atoms with E-state index < -0.39 is 70.7 Å². The molecule has 2 amide bonds. The minimum Gasteiger partial charge on any atom is -0.451 e. The number of aromatic nitrogens is 2. The SMILES string of the molecule is CN=C(NOC(=O)[C@H](C)OC(=O)[C@H](C)OC(=O)C(C)OC(C)=O)[C@@H]1c2c(cnn2C)[C@@H]2CN1C(=O)N2OS(=O)(=O)O. The van der Waals surface area contributed by atoms with Crippen LogP contribution in [0.2, 0.25) is 0 Å². The van der Waals surface area contributed by atoms with Gasteiger partial charge in [0.2, 0.25) is 0 Å². The first-order valence-corrected chi connectivity index (χ1v) is 13.2. The van der Waals surface area contributed by atoms with Gasteiger partial charge in [-0.3, -0.25) is 19.0 Å². The summed E-state index contributed by atoms with van der Waals surface area (Å²) in [4.78, 5) is 70.9. The van der Waals surface area contributed by atoms with E-state index in [4.69, 9.17) is 18.9 Å². The number of hydrogen-bond donors (Lipinski definition) is 2. The number of aryl methyl sites for hydroxylation is 1. The molecular formula is C21H28N6O13S. The molecule has 3 rings (SSSR count). The van der Waals surface area contributed by atoms with Gasteiger partial charge in [0.05, 0.1) is 18.4 Å². The van der Waals surface area contributed by atoms with Gasteiger partial charge in [0.15, 0.2) is 24.1 Å².